The molecule has 0 bridgehead atoms. The Labute approximate surface area is 120 Å². The van der Waals surface area contributed by atoms with Crippen LogP contribution in [0.5, 0.6) is 0 Å². The summed E-state index contributed by atoms with van der Waals surface area (Å²) in [7, 11) is 0. The first-order chi connectivity index (χ1) is 9.63. The number of benzene rings is 1. The highest BCUT2D eigenvalue weighted by atomic mass is 16.5. The predicted molar refractivity (Wildman–Crippen MR) is 77.7 cm³/mol. The van der Waals surface area contributed by atoms with E-state index in [1.807, 2.05) is 0 Å². The number of carboxylic acids is 1. The fourth-order valence-corrected chi connectivity index (χ4v) is 2.52. The second-order valence-electron chi connectivity index (χ2n) is 5.50. The molecule has 4 nitrogen and oxygen atoms in total. The number of nitrogens with zero attached hydrogens (tertiary/aromatic N) is 1. The molecule has 1 aliphatic heterocycles. The van der Waals surface area contributed by atoms with Gasteiger partial charge in [0, 0.05) is 26.2 Å². The number of hydrogen-bond donors (Lipinski definition) is 1. The van der Waals surface area contributed by atoms with Crippen molar-refractivity contribution in [1.29, 1.82) is 0 Å². The monoisotopic (exact) mass is 277 g/mol. The van der Waals surface area contributed by atoms with E-state index in [0.29, 0.717) is 6.54 Å². The van der Waals surface area contributed by atoms with Crippen LogP contribution in [0.1, 0.15) is 30.4 Å². The Morgan fingerprint density at radius 3 is 2.75 bits per heavy atom. The third kappa shape index (κ3) is 4.94. The molecule has 1 fully saturated rings. The lowest BCUT2D eigenvalue weighted by molar-refractivity contribution is -0.137. The SMILES string of the molecule is Cc1ccc(CN(CCC(=O)O)CC2CCCO2)cc1. The van der Waals surface area contributed by atoms with E-state index in [1.165, 1.54) is 11.1 Å². The van der Waals surface area contributed by atoms with Crippen LogP contribution < -0.4 is 0 Å². The number of carbonyl (C=O) groups is 1. The van der Waals surface area contributed by atoms with Crippen molar-refractivity contribution in [1.82, 2.24) is 4.90 Å². The van der Waals surface area contributed by atoms with Crippen molar-refractivity contribution in [2.45, 2.75) is 38.8 Å². The molecule has 1 aromatic carbocycles. The van der Waals surface area contributed by atoms with Crippen LogP contribution in [-0.4, -0.2) is 41.8 Å². The van der Waals surface area contributed by atoms with Crippen molar-refractivity contribution >= 4 is 5.97 Å². The molecule has 2 rings (SSSR count). The Morgan fingerprint density at radius 1 is 1.40 bits per heavy atom. The first kappa shape index (κ1) is 15.0. The van der Waals surface area contributed by atoms with Gasteiger partial charge in [0.1, 0.15) is 0 Å². The molecule has 0 amide bonds. The Morgan fingerprint density at radius 2 is 2.15 bits per heavy atom. The highest BCUT2D eigenvalue weighted by Gasteiger charge is 2.19. The number of ether oxygens (including phenoxy) is 1. The zero-order valence-electron chi connectivity index (χ0n) is 12.0. The van der Waals surface area contributed by atoms with Crippen molar-refractivity contribution in [2.75, 3.05) is 19.7 Å². The van der Waals surface area contributed by atoms with E-state index in [1.54, 1.807) is 0 Å². The lowest BCUT2D eigenvalue weighted by Gasteiger charge is -2.24. The van der Waals surface area contributed by atoms with Gasteiger partial charge in [0.2, 0.25) is 0 Å². The first-order valence-corrected chi connectivity index (χ1v) is 7.25. The zero-order chi connectivity index (χ0) is 14.4. The van der Waals surface area contributed by atoms with E-state index >= 15 is 0 Å². The minimum absolute atomic E-state index is 0.179. The zero-order valence-corrected chi connectivity index (χ0v) is 12.0. The number of hydrogen-bond acceptors (Lipinski definition) is 3. The Balaban J connectivity index is 1.93. The van der Waals surface area contributed by atoms with Gasteiger partial charge >= 0.3 is 5.97 Å². The maximum atomic E-state index is 10.8. The highest BCUT2D eigenvalue weighted by Crippen LogP contribution is 2.15. The van der Waals surface area contributed by atoms with Gasteiger partial charge in [-0.25, -0.2) is 0 Å². The molecule has 1 atom stereocenters. The summed E-state index contributed by atoms with van der Waals surface area (Å²) in [5.74, 6) is -0.744. The van der Waals surface area contributed by atoms with E-state index in [0.717, 1.165) is 32.5 Å². The quantitative estimate of drug-likeness (QED) is 0.831. The molecule has 0 radical (unpaired) electrons. The number of aryl methyl sites for hydroxylation is 1. The number of rotatable bonds is 7. The van der Waals surface area contributed by atoms with Gasteiger partial charge in [0.15, 0.2) is 0 Å². The van der Waals surface area contributed by atoms with Crippen LogP contribution >= 0.6 is 0 Å². The first-order valence-electron chi connectivity index (χ1n) is 7.25. The minimum atomic E-state index is -0.744. The van der Waals surface area contributed by atoms with Crippen LogP contribution in [0, 0.1) is 6.92 Å². The van der Waals surface area contributed by atoms with Crippen molar-refractivity contribution in [2.24, 2.45) is 0 Å². The smallest absolute Gasteiger partial charge is 0.304 e. The Kier molecular flexibility index (Phi) is 5.56. The van der Waals surface area contributed by atoms with E-state index in [9.17, 15) is 4.79 Å². The molecule has 1 aromatic rings. The molecule has 0 aliphatic carbocycles. The van der Waals surface area contributed by atoms with Crippen LogP contribution in [0.4, 0.5) is 0 Å². The van der Waals surface area contributed by atoms with Gasteiger partial charge in [-0.2, -0.15) is 0 Å². The third-order valence-electron chi connectivity index (χ3n) is 3.65. The van der Waals surface area contributed by atoms with E-state index in [-0.39, 0.29) is 12.5 Å². The summed E-state index contributed by atoms with van der Waals surface area (Å²) in [5.41, 5.74) is 2.46. The van der Waals surface area contributed by atoms with E-state index in [4.69, 9.17) is 9.84 Å². The number of carboxylic acid groups (broad SMARTS) is 1. The topological polar surface area (TPSA) is 49.8 Å². The molecule has 0 saturated carbocycles. The van der Waals surface area contributed by atoms with Gasteiger partial charge in [0.25, 0.3) is 0 Å². The maximum absolute atomic E-state index is 10.8. The summed E-state index contributed by atoms with van der Waals surface area (Å²) in [6.07, 6.45) is 2.63. The molecule has 110 valence electrons. The van der Waals surface area contributed by atoms with Gasteiger partial charge in [-0.05, 0) is 25.3 Å². The largest absolute Gasteiger partial charge is 0.481 e. The number of aliphatic carboxylic acids is 1. The van der Waals surface area contributed by atoms with Crippen LogP contribution in [-0.2, 0) is 16.1 Å². The molecular formula is C16H23NO3. The molecular weight excluding hydrogens is 254 g/mol. The van der Waals surface area contributed by atoms with Gasteiger partial charge in [-0.1, -0.05) is 29.8 Å². The van der Waals surface area contributed by atoms with Crippen LogP contribution in [0.3, 0.4) is 0 Å². The molecule has 1 saturated heterocycles. The van der Waals surface area contributed by atoms with E-state index < -0.39 is 5.97 Å². The second-order valence-corrected chi connectivity index (χ2v) is 5.50. The van der Waals surface area contributed by atoms with Crippen LogP contribution in [0.2, 0.25) is 0 Å². The average molecular weight is 277 g/mol. The molecule has 1 unspecified atom stereocenters. The van der Waals surface area contributed by atoms with Crippen LogP contribution in [0.15, 0.2) is 24.3 Å². The Bertz CT molecular complexity index is 424. The molecule has 1 heterocycles. The van der Waals surface area contributed by atoms with Crippen molar-refractivity contribution in [3.63, 3.8) is 0 Å². The van der Waals surface area contributed by atoms with Crippen molar-refractivity contribution in [3.8, 4) is 0 Å². The fourth-order valence-electron chi connectivity index (χ4n) is 2.52. The van der Waals surface area contributed by atoms with Gasteiger partial charge in [-0.3, -0.25) is 9.69 Å². The van der Waals surface area contributed by atoms with Crippen molar-refractivity contribution < 1.29 is 14.6 Å². The summed E-state index contributed by atoms with van der Waals surface area (Å²) in [6, 6.07) is 8.41. The summed E-state index contributed by atoms with van der Waals surface area (Å²) in [6.45, 7) is 5.08. The molecule has 1 N–H and O–H groups in total. The van der Waals surface area contributed by atoms with E-state index in [2.05, 4.69) is 36.1 Å². The lowest BCUT2D eigenvalue weighted by atomic mass is 10.1. The Hall–Kier alpha value is -1.39. The summed E-state index contributed by atoms with van der Waals surface area (Å²) < 4.78 is 5.66. The third-order valence-corrected chi connectivity index (χ3v) is 3.65. The summed E-state index contributed by atoms with van der Waals surface area (Å²) in [4.78, 5) is 13.0. The van der Waals surface area contributed by atoms with Crippen molar-refractivity contribution in [3.05, 3.63) is 35.4 Å². The van der Waals surface area contributed by atoms with Gasteiger partial charge in [0.05, 0.1) is 12.5 Å². The van der Waals surface area contributed by atoms with Crippen LogP contribution in [0.25, 0.3) is 0 Å². The van der Waals surface area contributed by atoms with Gasteiger partial charge < -0.3 is 9.84 Å². The molecule has 0 aromatic heterocycles. The minimum Gasteiger partial charge on any atom is -0.481 e. The maximum Gasteiger partial charge on any atom is 0.304 e. The molecule has 0 spiro atoms. The fraction of sp³-hybridized carbons (Fsp3) is 0.562. The molecule has 4 heteroatoms. The predicted octanol–water partition coefficient (Wildman–Crippen LogP) is 2.45. The normalized spacial score (nSPS) is 18.6. The standard InChI is InChI=1S/C16H23NO3/c1-13-4-6-14(7-5-13)11-17(9-8-16(18)19)12-15-3-2-10-20-15/h4-7,15H,2-3,8-12H2,1H3,(H,18,19). The second kappa shape index (κ2) is 7.41. The highest BCUT2D eigenvalue weighted by molar-refractivity contribution is 5.66. The lowest BCUT2D eigenvalue weighted by Crippen LogP contribution is -2.33. The summed E-state index contributed by atoms with van der Waals surface area (Å²) >= 11 is 0. The van der Waals surface area contributed by atoms with Gasteiger partial charge in [-0.15, -0.1) is 0 Å². The molecule has 20 heavy (non-hydrogen) atoms. The molecule has 1 aliphatic rings. The summed E-state index contributed by atoms with van der Waals surface area (Å²) in [5, 5.41) is 8.87. The average Bonchev–Trinajstić information content (AvgIpc) is 2.91.